The Bertz CT molecular complexity index is 600. The van der Waals surface area contributed by atoms with E-state index < -0.39 is 0 Å². The Labute approximate surface area is 114 Å². The van der Waals surface area contributed by atoms with Crippen LogP contribution in [0.4, 0.5) is 5.69 Å². The number of nitrogens with zero attached hydrogens (tertiary/aromatic N) is 1. The van der Waals surface area contributed by atoms with Crippen LogP contribution >= 0.6 is 0 Å². The summed E-state index contributed by atoms with van der Waals surface area (Å²) in [4.78, 5) is 2.56. The predicted octanol–water partition coefficient (Wildman–Crippen LogP) is 2.74. The van der Waals surface area contributed by atoms with Gasteiger partial charge in [-0.15, -0.1) is 0 Å². The van der Waals surface area contributed by atoms with Crippen molar-refractivity contribution in [2.75, 3.05) is 31.1 Å². The minimum absolute atomic E-state index is 1.10. The first kappa shape index (κ1) is 11.3. The second-order valence-electron chi connectivity index (χ2n) is 5.67. The molecule has 1 heterocycles. The van der Waals surface area contributed by atoms with Crippen molar-refractivity contribution in [1.82, 2.24) is 5.32 Å². The van der Waals surface area contributed by atoms with Gasteiger partial charge in [0.05, 0.1) is 0 Å². The van der Waals surface area contributed by atoms with Gasteiger partial charge in [0.25, 0.3) is 0 Å². The van der Waals surface area contributed by atoms with Crippen LogP contribution in [0.3, 0.4) is 0 Å². The molecule has 0 atom stereocenters. The number of anilines is 1. The van der Waals surface area contributed by atoms with E-state index in [0.717, 1.165) is 19.6 Å². The quantitative estimate of drug-likeness (QED) is 0.839. The van der Waals surface area contributed by atoms with Crippen LogP contribution in [0.1, 0.15) is 17.5 Å². The van der Waals surface area contributed by atoms with Crippen molar-refractivity contribution in [2.45, 2.75) is 19.3 Å². The van der Waals surface area contributed by atoms with E-state index in [1.807, 2.05) is 0 Å². The number of aryl methyl sites for hydroxylation is 2. The molecule has 1 saturated heterocycles. The van der Waals surface area contributed by atoms with Gasteiger partial charge < -0.3 is 10.2 Å². The van der Waals surface area contributed by atoms with Crippen LogP contribution in [0.25, 0.3) is 10.8 Å². The summed E-state index contributed by atoms with van der Waals surface area (Å²) < 4.78 is 0. The predicted molar refractivity (Wildman–Crippen MR) is 81.1 cm³/mol. The normalized spacial score (nSPS) is 18.8. The molecule has 0 bridgehead atoms. The van der Waals surface area contributed by atoms with Crippen LogP contribution in [0, 0.1) is 0 Å². The average molecular weight is 252 g/mol. The maximum atomic E-state index is 3.49. The van der Waals surface area contributed by atoms with Crippen molar-refractivity contribution >= 4 is 16.5 Å². The summed E-state index contributed by atoms with van der Waals surface area (Å²) in [5.41, 5.74) is 4.52. The summed E-state index contributed by atoms with van der Waals surface area (Å²) in [5, 5.41) is 6.49. The van der Waals surface area contributed by atoms with Gasteiger partial charge in [-0.3, -0.25) is 0 Å². The largest absolute Gasteiger partial charge is 0.370 e. The molecule has 0 spiro atoms. The van der Waals surface area contributed by atoms with Gasteiger partial charge in [-0.25, -0.2) is 0 Å². The van der Waals surface area contributed by atoms with E-state index in [0.29, 0.717) is 0 Å². The molecule has 19 heavy (non-hydrogen) atoms. The third-order valence-corrected chi connectivity index (χ3v) is 4.53. The molecule has 1 aliphatic heterocycles. The van der Waals surface area contributed by atoms with Crippen molar-refractivity contribution in [1.29, 1.82) is 0 Å². The fourth-order valence-corrected chi connectivity index (χ4v) is 3.59. The van der Waals surface area contributed by atoms with Gasteiger partial charge in [-0.2, -0.15) is 0 Å². The first-order chi connectivity index (χ1) is 9.43. The lowest BCUT2D eigenvalue weighted by atomic mass is 10.0. The molecule has 0 amide bonds. The standard InChI is InChI=1S/C17H20N2/c1-3-13-5-6-14-7-8-16(15(4-1)17(13)14)19-11-2-9-18-10-12-19/h1,3-4,7-8,18H,2,5-6,9-12H2. The summed E-state index contributed by atoms with van der Waals surface area (Å²) in [7, 11) is 0. The van der Waals surface area contributed by atoms with E-state index in [1.54, 1.807) is 11.1 Å². The fourth-order valence-electron chi connectivity index (χ4n) is 3.59. The molecular weight excluding hydrogens is 232 g/mol. The molecule has 0 aromatic heterocycles. The molecule has 1 fully saturated rings. The smallest absolute Gasteiger partial charge is 0.0446 e. The number of benzene rings is 2. The molecule has 0 saturated carbocycles. The van der Waals surface area contributed by atoms with Crippen molar-refractivity contribution < 1.29 is 0 Å². The average Bonchev–Trinajstić information content (AvgIpc) is 2.70. The summed E-state index contributed by atoms with van der Waals surface area (Å²) in [5.74, 6) is 0. The van der Waals surface area contributed by atoms with Gasteiger partial charge in [-0.1, -0.05) is 24.3 Å². The van der Waals surface area contributed by atoms with Gasteiger partial charge in [0.1, 0.15) is 0 Å². The minimum Gasteiger partial charge on any atom is -0.370 e. The van der Waals surface area contributed by atoms with Gasteiger partial charge in [0.15, 0.2) is 0 Å². The molecule has 2 aromatic carbocycles. The highest BCUT2D eigenvalue weighted by atomic mass is 15.2. The maximum absolute atomic E-state index is 3.49. The summed E-state index contributed by atoms with van der Waals surface area (Å²) in [6.07, 6.45) is 3.68. The number of rotatable bonds is 1. The van der Waals surface area contributed by atoms with E-state index >= 15 is 0 Å². The molecule has 2 heteroatoms. The zero-order valence-corrected chi connectivity index (χ0v) is 11.3. The molecular formula is C17H20N2. The first-order valence-electron chi connectivity index (χ1n) is 7.42. The van der Waals surface area contributed by atoms with Gasteiger partial charge in [-0.05, 0) is 48.4 Å². The Kier molecular flexibility index (Phi) is 2.70. The van der Waals surface area contributed by atoms with Gasteiger partial charge in [0, 0.05) is 30.7 Å². The Hall–Kier alpha value is -1.54. The van der Waals surface area contributed by atoms with Crippen LogP contribution < -0.4 is 10.2 Å². The molecule has 2 aliphatic rings. The molecule has 98 valence electrons. The molecule has 0 unspecified atom stereocenters. The second-order valence-corrected chi connectivity index (χ2v) is 5.67. The number of nitrogens with one attached hydrogen (secondary N) is 1. The summed E-state index contributed by atoms with van der Waals surface area (Å²) >= 11 is 0. The Morgan fingerprint density at radius 3 is 2.74 bits per heavy atom. The monoisotopic (exact) mass is 252 g/mol. The Balaban J connectivity index is 1.86. The van der Waals surface area contributed by atoms with E-state index in [2.05, 4.69) is 40.5 Å². The number of hydrogen-bond donors (Lipinski definition) is 1. The number of hydrogen-bond acceptors (Lipinski definition) is 2. The van der Waals surface area contributed by atoms with Crippen molar-refractivity contribution in [3.63, 3.8) is 0 Å². The van der Waals surface area contributed by atoms with Crippen molar-refractivity contribution in [3.05, 3.63) is 41.5 Å². The molecule has 4 rings (SSSR count). The Morgan fingerprint density at radius 2 is 1.79 bits per heavy atom. The van der Waals surface area contributed by atoms with E-state index in [4.69, 9.17) is 0 Å². The fraction of sp³-hybridized carbons (Fsp3) is 0.412. The minimum atomic E-state index is 1.10. The second kappa shape index (κ2) is 4.53. The highest BCUT2D eigenvalue weighted by molar-refractivity contribution is 5.99. The van der Waals surface area contributed by atoms with Crippen LogP contribution in [-0.4, -0.2) is 26.2 Å². The molecule has 1 N–H and O–H groups in total. The highest BCUT2D eigenvalue weighted by Crippen LogP contribution is 2.36. The van der Waals surface area contributed by atoms with Crippen LogP contribution in [0.15, 0.2) is 30.3 Å². The zero-order chi connectivity index (χ0) is 12.7. The summed E-state index contributed by atoms with van der Waals surface area (Å²) in [6.45, 7) is 4.55. The summed E-state index contributed by atoms with van der Waals surface area (Å²) in [6, 6.07) is 11.5. The highest BCUT2D eigenvalue weighted by Gasteiger charge is 2.18. The maximum Gasteiger partial charge on any atom is 0.0446 e. The van der Waals surface area contributed by atoms with E-state index in [-0.39, 0.29) is 0 Å². The first-order valence-corrected chi connectivity index (χ1v) is 7.42. The van der Waals surface area contributed by atoms with E-state index in [9.17, 15) is 0 Å². The van der Waals surface area contributed by atoms with Crippen LogP contribution in [-0.2, 0) is 12.8 Å². The van der Waals surface area contributed by atoms with Crippen LogP contribution in [0.5, 0.6) is 0 Å². The Morgan fingerprint density at radius 1 is 0.895 bits per heavy atom. The third-order valence-electron chi connectivity index (χ3n) is 4.53. The lowest BCUT2D eigenvalue weighted by molar-refractivity contribution is 0.724. The van der Waals surface area contributed by atoms with Crippen molar-refractivity contribution in [2.24, 2.45) is 0 Å². The molecule has 2 aromatic rings. The SMILES string of the molecule is c1cc2c3c(ccc(N4CCCNCC4)c3c1)CC2. The van der Waals surface area contributed by atoms with Gasteiger partial charge in [0.2, 0.25) is 0 Å². The van der Waals surface area contributed by atoms with E-state index in [1.165, 1.54) is 42.3 Å². The molecule has 1 aliphatic carbocycles. The lowest BCUT2D eigenvalue weighted by Crippen LogP contribution is -2.27. The lowest BCUT2D eigenvalue weighted by Gasteiger charge is -2.24. The van der Waals surface area contributed by atoms with Crippen LogP contribution in [0.2, 0.25) is 0 Å². The molecule has 0 radical (unpaired) electrons. The van der Waals surface area contributed by atoms with Crippen molar-refractivity contribution in [3.8, 4) is 0 Å². The third kappa shape index (κ3) is 1.82. The topological polar surface area (TPSA) is 15.3 Å². The van der Waals surface area contributed by atoms with Gasteiger partial charge >= 0.3 is 0 Å². The molecule has 2 nitrogen and oxygen atoms in total. The zero-order valence-electron chi connectivity index (χ0n) is 11.3.